The van der Waals surface area contributed by atoms with Gasteiger partial charge < -0.3 is 15.8 Å². The molecule has 4 nitrogen and oxygen atoms in total. The summed E-state index contributed by atoms with van der Waals surface area (Å²) in [5.41, 5.74) is 5.85. The zero-order valence-electron chi connectivity index (χ0n) is 13.5. The first-order valence-corrected chi connectivity index (χ1v) is 9.74. The minimum Gasteiger partial charge on any atom is -0.496 e. The standard InChI is InChI=1S/C16H26N2O2S2/c1-12(10-18-16(19)13(17)8-9-21-3)11-22-15-7-5-4-6-14(15)20-2/h4-7,12-13H,8-11,17H2,1-3H3,(H,18,19)/t12?,13-/m0/s1. The van der Waals surface area contributed by atoms with Gasteiger partial charge in [0.1, 0.15) is 5.75 Å². The second kappa shape index (κ2) is 10.8. The molecule has 6 heteroatoms. The average Bonchev–Trinajstić information content (AvgIpc) is 2.55. The molecule has 0 spiro atoms. The first-order valence-electron chi connectivity index (χ1n) is 7.36. The van der Waals surface area contributed by atoms with E-state index in [9.17, 15) is 4.79 Å². The van der Waals surface area contributed by atoms with Crippen LogP contribution in [0.4, 0.5) is 0 Å². The van der Waals surface area contributed by atoms with Gasteiger partial charge in [0.05, 0.1) is 13.2 Å². The molecule has 1 amide bonds. The minimum atomic E-state index is -0.401. The van der Waals surface area contributed by atoms with Crippen LogP contribution >= 0.6 is 23.5 Å². The van der Waals surface area contributed by atoms with E-state index in [1.54, 1.807) is 30.6 Å². The molecule has 0 aliphatic rings. The predicted octanol–water partition coefficient (Wildman–Crippen LogP) is 2.62. The summed E-state index contributed by atoms with van der Waals surface area (Å²) in [6.45, 7) is 2.77. The third kappa shape index (κ3) is 6.94. The molecule has 0 bridgehead atoms. The van der Waals surface area contributed by atoms with Crippen LogP contribution in [-0.2, 0) is 4.79 Å². The number of hydrogen-bond acceptors (Lipinski definition) is 5. The molecule has 0 aromatic heterocycles. The van der Waals surface area contributed by atoms with E-state index >= 15 is 0 Å². The number of rotatable bonds is 10. The van der Waals surface area contributed by atoms with Crippen LogP contribution in [0.15, 0.2) is 29.2 Å². The second-order valence-corrected chi connectivity index (χ2v) is 7.25. The molecule has 0 aliphatic carbocycles. The lowest BCUT2D eigenvalue weighted by Gasteiger charge is -2.16. The van der Waals surface area contributed by atoms with Crippen molar-refractivity contribution in [2.75, 3.05) is 31.4 Å². The summed E-state index contributed by atoms with van der Waals surface area (Å²) in [5.74, 6) is 3.03. The van der Waals surface area contributed by atoms with Crippen molar-refractivity contribution in [3.8, 4) is 5.75 Å². The minimum absolute atomic E-state index is 0.0526. The third-order valence-electron chi connectivity index (χ3n) is 3.19. The molecule has 0 saturated carbocycles. The van der Waals surface area contributed by atoms with Crippen LogP contribution in [0.5, 0.6) is 5.75 Å². The highest BCUT2D eigenvalue weighted by Gasteiger charge is 2.14. The molecular weight excluding hydrogens is 316 g/mol. The lowest BCUT2D eigenvalue weighted by molar-refractivity contribution is -0.122. The molecule has 0 aliphatic heterocycles. The van der Waals surface area contributed by atoms with Crippen LogP contribution < -0.4 is 15.8 Å². The molecule has 1 rings (SSSR count). The van der Waals surface area contributed by atoms with Gasteiger partial charge in [-0.15, -0.1) is 11.8 Å². The van der Waals surface area contributed by atoms with Crippen LogP contribution in [0.25, 0.3) is 0 Å². The molecule has 1 aromatic rings. The van der Waals surface area contributed by atoms with Gasteiger partial charge in [0.25, 0.3) is 0 Å². The number of nitrogens with one attached hydrogen (secondary N) is 1. The summed E-state index contributed by atoms with van der Waals surface area (Å²) in [6, 6.07) is 7.57. The van der Waals surface area contributed by atoms with Crippen molar-refractivity contribution in [2.24, 2.45) is 11.7 Å². The first-order chi connectivity index (χ1) is 10.6. The summed E-state index contributed by atoms with van der Waals surface area (Å²) in [6.07, 6.45) is 2.74. The van der Waals surface area contributed by atoms with E-state index in [1.807, 2.05) is 30.5 Å². The first kappa shape index (κ1) is 19.2. The monoisotopic (exact) mass is 342 g/mol. The van der Waals surface area contributed by atoms with Crippen molar-refractivity contribution >= 4 is 29.4 Å². The van der Waals surface area contributed by atoms with Gasteiger partial charge in [-0.3, -0.25) is 4.79 Å². The van der Waals surface area contributed by atoms with Crippen LogP contribution in [0.1, 0.15) is 13.3 Å². The second-order valence-electron chi connectivity index (χ2n) is 5.20. The van der Waals surface area contributed by atoms with E-state index in [-0.39, 0.29) is 5.91 Å². The van der Waals surface area contributed by atoms with E-state index in [4.69, 9.17) is 10.5 Å². The van der Waals surface area contributed by atoms with E-state index in [2.05, 4.69) is 12.2 Å². The maximum atomic E-state index is 11.9. The van der Waals surface area contributed by atoms with Crippen LogP contribution in [-0.4, -0.2) is 43.4 Å². The average molecular weight is 343 g/mol. The quantitative estimate of drug-likeness (QED) is 0.640. The van der Waals surface area contributed by atoms with Gasteiger partial charge in [-0.1, -0.05) is 19.1 Å². The van der Waals surface area contributed by atoms with Crippen molar-refractivity contribution in [3.63, 3.8) is 0 Å². The van der Waals surface area contributed by atoms with Crippen LogP contribution in [0, 0.1) is 5.92 Å². The van der Waals surface area contributed by atoms with Gasteiger partial charge in [0, 0.05) is 17.2 Å². The Kier molecular flexibility index (Phi) is 9.43. The fourth-order valence-corrected chi connectivity index (χ4v) is 3.35. The van der Waals surface area contributed by atoms with Crippen molar-refractivity contribution < 1.29 is 9.53 Å². The van der Waals surface area contributed by atoms with Crippen LogP contribution in [0.3, 0.4) is 0 Å². The SMILES string of the molecule is COc1ccccc1SCC(C)CNC(=O)[C@@H](N)CCSC. The Morgan fingerprint density at radius 3 is 2.82 bits per heavy atom. The lowest BCUT2D eigenvalue weighted by atomic mass is 10.2. The Morgan fingerprint density at radius 2 is 2.14 bits per heavy atom. The normalized spacial score (nSPS) is 13.5. The summed E-state index contributed by atoms with van der Waals surface area (Å²) in [4.78, 5) is 13.0. The number of nitrogens with two attached hydrogens (primary N) is 1. The van der Waals surface area contributed by atoms with Crippen molar-refractivity contribution in [2.45, 2.75) is 24.3 Å². The van der Waals surface area contributed by atoms with Gasteiger partial charge in [0.2, 0.25) is 5.91 Å². The van der Waals surface area contributed by atoms with E-state index in [1.165, 1.54) is 0 Å². The number of methoxy groups -OCH3 is 1. The van der Waals surface area contributed by atoms with E-state index in [0.717, 1.165) is 28.6 Å². The Hall–Kier alpha value is -0.850. The molecular formula is C16H26N2O2S2. The van der Waals surface area contributed by atoms with E-state index < -0.39 is 6.04 Å². The summed E-state index contributed by atoms with van der Waals surface area (Å²) >= 11 is 3.45. The topological polar surface area (TPSA) is 64.3 Å². The Bertz CT molecular complexity index is 458. The number of thioether (sulfide) groups is 2. The highest BCUT2D eigenvalue weighted by molar-refractivity contribution is 7.99. The van der Waals surface area contributed by atoms with Gasteiger partial charge in [-0.05, 0) is 36.5 Å². The maximum Gasteiger partial charge on any atom is 0.236 e. The summed E-state index contributed by atoms with van der Waals surface area (Å²) in [5, 5.41) is 2.94. The molecule has 3 N–H and O–H groups in total. The molecule has 1 unspecified atom stereocenters. The number of ether oxygens (including phenoxy) is 1. The van der Waals surface area contributed by atoms with Crippen LogP contribution in [0.2, 0.25) is 0 Å². The fraction of sp³-hybridized carbons (Fsp3) is 0.562. The van der Waals surface area contributed by atoms with Crippen molar-refractivity contribution in [1.29, 1.82) is 0 Å². The Balaban J connectivity index is 2.31. The third-order valence-corrected chi connectivity index (χ3v) is 5.21. The Labute approximate surface area is 141 Å². The largest absolute Gasteiger partial charge is 0.496 e. The number of para-hydroxylation sites is 1. The molecule has 22 heavy (non-hydrogen) atoms. The van der Waals surface area contributed by atoms with Crippen molar-refractivity contribution in [3.05, 3.63) is 24.3 Å². The predicted molar refractivity (Wildman–Crippen MR) is 96.9 cm³/mol. The molecule has 2 atom stereocenters. The van der Waals surface area contributed by atoms with Gasteiger partial charge >= 0.3 is 0 Å². The number of amides is 1. The fourth-order valence-electron chi connectivity index (χ4n) is 1.81. The highest BCUT2D eigenvalue weighted by atomic mass is 32.2. The van der Waals surface area contributed by atoms with Crippen molar-refractivity contribution in [1.82, 2.24) is 5.32 Å². The highest BCUT2D eigenvalue weighted by Crippen LogP contribution is 2.29. The maximum absolute atomic E-state index is 11.9. The lowest BCUT2D eigenvalue weighted by Crippen LogP contribution is -2.42. The zero-order valence-corrected chi connectivity index (χ0v) is 15.1. The zero-order chi connectivity index (χ0) is 16.4. The summed E-state index contributed by atoms with van der Waals surface area (Å²) < 4.78 is 5.34. The van der Waals surface area contributed by atoms with Gasteiger partial charge in [-0.25, -0.2) is 0 Å². The van der Waals surface area contributed by atoms with Gasteiger partial charge in [-0.2, -0.15) is 11.8 Å². The molecule has 1 aromatic carbocycles. The summed E-state index contributed by atoms with van der Waals surface area (Å²) in [7, 11) is 1.68. The molecule has 0 fully saturated rings. The molecule has 0 saturated heterocycles. The number of benzene rings is 1. The molecule has 0 radical (unpaired) electrons. The molecule has 124 valence electrons. The Morgan fingerprint density at radius 1 is 1.41 bits per heavy atom. The van der Waals surface area contributed by atoms with E-state index in [0.29, 0.717) is 12.5 Å². The molecule has 0 heterocycles. The number of carbonyl (C=O) groups excluding carboxylic acids is 1. The smallest absolute Gasteiger partial charge is 0.236 e. The number of hydrogen-bond donors (Lipinski definition) is 2. The number of carbonyl (C=O) groups is 1. The van der Waals surface area contributed by atoms with Gasteiger partial charge in [0.15, 0.2) is 0 Å².